The van der Waals surface area contributed by atoms with Crippen molar-refractivity contribution in [2.45, 2.75) is 38.1 Å². The summed E-state index contributed by atoms with van der Waals surface area (Å²) in [6.07, 6.45) is 2.13. The smallest absolute Gasteiger partial charge is 0.270 e. The van der Waals surface area contributed by atoms with Gasteiger partial charge in [0.2, 0.25) is 0 Å². The highest BCUT2D eigenvalue weighted by Gasteiger charge is 2.37. The normalized spacial score (nSPS) is 21.4. The Morgan fingerprint density at radius 1 is 1.06 bits per heavy atom. The lowest BCUT2D eigenvalue weighted by atomic mass is 9.97. The number of rotatable bonds is 4. The fourth-order valence-corrected chi connectivity index (χ4v) is 4.38. The summed E-state index contributed by atoms with van der Waals surface area (Å²) in [5, 5.41) is 6.25. The van der Waals surface area contributed by atoms with Crippen LogP contribution in [0.2, 0.25) is 0 Å². The molecule has 5 rings (SSSR count). The van der Waals surface area contributed by atoms with Crippen LogP contribution in [0.25, 0.3) is 11.1 Å². The maximum atomic E-state index is 13.3. The van der Waals surface area contributed by atoms with E-state index < -0.39 is 6.04 Å². The number of oxazole rings is 1. The van der Waals surface area contributed by atoms with Crippen molar-refractivity contribution in [3.8, 4) is 0 Å². The van der Waals surface area contributed by atoms with E-state index in [0.717, 1.165) is 29.6 Å². The van der Waals surface area contributed by atoms with Crippen molar-refractivity contribution in [2.24, 2.45) is 5.10 Å². The lowest BCUT2D eigenvalue weighted by Crippen LogP contribution is -2.42. The molecule has 0 saturated carbocycles. The second-order valence-electron chi connectivity index (χ2n) is 8.17. The van der Waals surface area contributed by atoms with Crippen molar-refractivity contribution in [3.63, 3.8) is 0 Å². The second kappa shape index (κ2) is 7.98. The lowest BCUT2D eigenvalue weighted by molar-refractivity contribution is -0.125. The Morgan fingerprint density at radius 3 is 2.61 bits per heavy atom. The molecular formula is C24H24N4O3. The minimum Gasteiger partial charge on any atom is -0.440 e. The van der Waals surface area contributed by atoms with Crippen molar-refractivity contribution in [1.29, 1.82) is 0 Å². The number of anilines is 1. The number of para-hydroxylation sites is 3. The highest BCUT2D eigenvalue weighted by atomic mass is 16.3. The van der Waals surface area contributed by atoms with Gasteiger partial charge in [-0.25, -0.2) is 4.98 Å². The maximum absolute atomic E-state index is 13.3. The zero-order chi connectivity index (χ0) is 21.4. The van der Waals surface area contributed by atoms with Crippen molar-refractivity contribution in [1.82, 2.24) is 9.88 Å². The van der Waals surface area contributed by atoms with E-state index in [-0.39, 0.29) is 17.6 Å². The number of fused-ring (bicyclic) bond motifs is 1. The summed E-state index contributed by atoms with van der Waals surface area (Å²) in [4.78, 5) is 32.0. The van der Waals surface area contributed by atoms with Crippen molar-refractivity contribution < 1.29 is 14.0 Å². The Bertz CT molecular complexity index is 1120. The zero-order valence-corrected chi connectivity index (χ0v) is 17.4. The number of likely N-dealkylation sites (tertiary alicyclic amines) is 1. The quantitative estimate of drug-likeness (QED) is 0.647. The third-order valence-electron chi connectivity index (χ3n) is 6.02. The summed E-state index contributed by atoms with van der Waals surface area (Å²) in [6.45, 7) is 2.76. The molecule has 1 saturated heterocycles. The first-order valence-electron chi connectivity index (χ1n) is 10.7. The van der Waals surface area contributed by atoms with Crippen molar-refractivity contribution in [2.75, 3.05) is 18.1 Å². The SMILES string of the molecule is CC(=O)C1CC(C(=O)N2CCCC(c3nc4ccccc4o3)C2)=NN1c1ccccc1. The molecule has 2 unspecified atom stereocenters. The minimum absolute atomic E-state index is 0.00148. The number of nitrogens with zero attached hydrogens (tertiary/aromatic N) is 4. The van der Waals surface area contributed by atoms with Crippen LogP contribution < -0.4 is 5.01 Å². The fraction of sp³-hybridized carbons (Fsp3) is 0.333. The summed E-state index contributed by atoms with van der Waals surface area (Å²) in [5.41, 5.74) is 2.85. The first-order valence-corrected chi connectivity index (χ1v) is 10.7. The Kier molecular flexibility index (Phi) is 5.02. The molecule has 7 heteroatoms. The number of hydrogen-bond donors (Lipinski definition) is 0. The van der Waals surface area contributed by atoms with Crippen LogP contribution in [0.1, 0.15) is 38.0 Å². The number of ketones is 1. The van der Waals surface area contributed by atoms with Crippen LogP contribution in [0.4, 0.5) is 5.69 Å². The van der Waals surface area contributed by atoms with Crippen LogP contribution in [0.3, 0.4) is 0 Å². The number of Topliss-reactive ketones (excluding diaryl/α,β-unsaturated/α-hetero) is 1. The predicted molar refractivity (Wildman–Crippen MR) is 118 cm³/mol. The summed E-state index contributed by atoms with van der Waals surface area (Å²) in [5.74, 6) is 0.629. The average molecular weight is 416 g/mol. The van der Waals surface area contributed by atoms with Crippen LogP contribution in [0.15, 0.2) is 64.1 Å². The molecule has 0 radical (unpaired) electrons. The van der Waals surface area contributed by atoms with Crippen LogP contribution in [0.5, 0.6) is 0 Å². The molecule has 0 aliphatic carbocycles. The molecule has 158 valence electrons. The van der Waals surface area contributed by atoms with E-state index in [2.05, 4.69) is 10.1 Å². The molecule has 1 aromatic heterocycles. The zero-order valence-electron chi connectivity index (χ0n) is 17.4. The molecule has 31 heavy (non-hydrogen) atoms. The highest BCUT2D eigenvalue weighted by molar-refractivity contribution is 6.40. The molecule has 0 bridgehead atoms. The standard InChI is InChI=1S/C24H24N4O3/c1-16(29)21-14-20(26-28(21)18-9-3-2-4-10-18)24(30)27-13-7-8-17(15-27)23-25-19-11-5-6-12-22(19)31-23/h2-6,9-12,17,21H,7-8,13-15H2,1H3. The number of hydrazone groups is 1. The van der Waals surface area contributed by atoms with Crippen LogP contribution >= 0.6 is 0 Å². The van der Waals surface area contributed by atoms with Gasteiger partial charge in [0, 0.05) is 19.5 Å². The summed E-state index contributed by atoms with van der Waals surface area (Å²) < 4.78 is 5.95. The van der Waals surface area contributed by atoms with Crippen LogP contribution in [-0.4, -0.2) is 46.4 Å². The number of carbonyl (C=O) groups is 2. The summed E-state index contributed by atoms with van der Waals surface area (Å²) >= 11 is 0. The molecule has 7 nitrogen and oxygen atoms in total. The van der Waals surface area contributed by atoms with Gasteiger partial charge < -0.3 is 9.32 Å². The molecule has 1 amide bonds. The third kappa shape index (κ3) is 3.71. The van der Waals surface area contributed by atoms with Gasteiger partial charge >= 0.3 is 0 Å². The molecule has 2 aliphatic heterocycles. The van der Waals surface area contributed by atoms with Gasteiger partial charge in [0.05, 0.1) is 11.6 Å². The molecule has 2 atom stereocenters. The Labute approximate surface area is 180 Å². The van der Waals surface area contributed by atoms with E-state index in [0.29, 0.717) is 31.1 Å². The van der Waals surface area contributed by atoms with E-state index in [9.17, 15) is 9.59 Å². The van der Waals surface area contributed by atoms with Gasteiger partial charge in [-0.1, -0.05) is 30.3 Å². The van der Waals surface area contributed by atoms with Crippen molar-refractivity contribution in [3.05, 3.63) is 60.5 Å². The molecule has 3 heterocycles. The van der Waals surface area contributed by atoms with E-state index in [1.54, 1.807) is 11.9 Å². The van der Waals surface area contributed by atoms with Gasteiger partial charge in [-0.15, -0.1) is 0 Å². The van der Waals surface area contributed by atoms with Crippen LogP contribution in [0, 0.1) is 0 Å². The molecule has 0 N–H and O–H groups in total. The fourth-order valence-electron chi connectivity index (χ4n) is 4.38. The van der Waals surface area contributed by atoms with E-state index >= 15 is 0 Å². The number of piperidine rings is 1. The Hall–Kier alpha value is -3.48. The number of carbonyl (C=O) groups excluding carboxylic acids is 2. The first kappa shape index (κ1) is 19.5. The van der Waals surface area contributed by atoms with Gasteiger partial charge in [0.1, 0.15) is 17.3 Å². The van der Waals surface area contributed by atoms with E-state index in [1.807, 2.05) is 59.5 Å². The van der Waals surface area contributed by atoms with Gasteiger partial charge in [-0.2, -0.15) is 5.10 Å². The van der Waals surface area contributed by atoms with Crippen molar-refractivity contribution >= 4 is 34.2 Å². The molecule has 1 fully saturated rings. The monoisotopic (exact) mass is 416 g/mol. The van der Waals surface area contributed by atoms with E-state index in [1.165, 1.54) is 0 Å². The summed E-state index contributed by atoms with van der Waals surface area (Å²) in [7, 11) is 0. The number of amides is 1. The highest BCUT2D eigenvalue weighted by Crippen LogP contribution is 2.30. The van der Waals surface area contributed by atoms with Gasteiger partial charge in [-0.3, -0.25) is 14.6 Å². The lowest BCUT2D eigenvalue weighted by Gasteiger charge is -2.31. The Morgan fingerprint density at radius 2 is 1.84 bits per heavy atom. The largest absolute Gasteiger partial charge is 0.440 e. The second-order valence-corrected chi connectivity index (χ2v) is 8.17. The molecular weight excluding hydrogens is 392 g/mol. The third-order valence-corrected chi connectivity index (χ3v) is 6.02. The maximum Gasteiger partial charge on any atom is 0.270 e. The van der Waals surface area contributed by atoms with Crippen LogP contribution in [-0.2, 0) is 9.59 Å². The molecule has 0 spiro atoms. The summed E-state index contributed by atoms with van der Waals surface area (Å²) in [6, 6.07) is 16.8. The average Bonchev–Trinajstić information content (AvgIpc) is 3.44. The van der Waals surface area contributed by atoms with Gasteiger partial charge in [0.15, 0.2) is 17.3 Å². The molecule has 2 aromatic carbocycles. The topological polar surface area (TPSA) is 79.0 Å². The number of benzene rings is 2. The van der Waals surface area contributed by atoms with Gasteiger partial charge in [-0.05, 0) is 44.0 Å². The number of aromatic nitrogens is 1. The van der Waals surface area contributed by atoms with Gasteiger partial charge in [0.25, 0.3) is 5.91 Å². The predicted octanol–water partition coefficient (Wildman–Crippen LogP) is 3.76. The first-order chi connectivity index (χ1) is 15.1. The molecule has 3 aromatic rings. The molecule has 2 aliphatic rings. The minimum atomic E-state index is -0.445. The van der Waals surface area contributed by atoms with E-state index in [4.69, 9.17) is 4.42 Å². The number of hydrogen-bond acceptors (Lipinski definition) is 6. The Balaban J connectivity index is 1.36.